The molecule has 1 aliphatic heterocycles. The number of carbonyl (C=O) groups is 2. The predicted octanol–water partition coefficient (Wildman–Crippen LogP) is 5.51. The van der Waals surface area contributed by atoms with Crippen molar-refractivity contribution in [3.63, 3.8) is 0 Å². The first-order valence-electron chi connectivity index (χ1n) is 15.8. The standard InChI is InChI=1S/C37H40FN3O5S/c1-46-33-18-11-30(12-19-33)26-39-37(43)35(25-29-7-3-2-4-8-29)41(27-31-9-16-32(38)17-10-31)36(42)22-15-28-13-20-34(21-14-28)47(44,45)40-23-5-6-24-40/h2-4,7-14,16-21,35H,5-6,15,22-27H2,1H3,(H,39,43)/t35-/m1/s1. The summed E-state index contributed by atoms with van der Waals surface area (Å²) in [5, 5.41) is 3.01. The van der Waals surface area contributed by atoms with E-state index in [0.717, 1.165) is 29.5 Å². The number of benzene rings is 4. The van der Waals surface area contributed by atoms with Crippen LogP contribution in [-0.4, -0.2) is 55.7 Å². The van der Waals surface area contributed by atoms with Crippen LogP contribution in [0.3, 0.4) is 0 Å². The van der Waals surface area contributed by atoms with Crippen LogP contribution in [0.25, 0.3) is 0 Å². The molecule has 0 aromatic heterocycles. The summed E-state index contributed by atoms with van der Waals surface area (Å²) in [5.74, 6) is -0.235. The molecule has 1 N–H and O–H groups in total. The van der Waals surface area contributed by atoms with E-state index in [9.17, 15) is 22.4 Å². The molecule has 1 fully saturated rings. The van der Waals surface area contributed by atoms with Gasteiger partial charge in [-0.2, -0.15) is 4.31 Å². The summed E-state index contributed by atoms with van der Waals surface area (Å²) in [5.41, 5.74) is 3.27. The Morgan fingerprint density at radius 2 is 1.45 bits per heavy atom. The number of carbonyl (C=O) groups excluding carboxylic acids is 2. The molecule has 1 heterocycles. The number of hydrogen-bond donors (Lipinski definition) is 1. The second-order valence-electron chi connectivity index (χ2n) is 11.7. The summed E-state index contributed by atoms with van der Waals surface area (Å²) in [6.45, 7) is 1.43. The zero-order valence-corrected chi connectivity index (χ0v) is 27.3. The van der Waals surface area contributed by atoms with E-state index in [1.54, 1.807) is 48.4 Å². The third-order valence-corrected chi connectivity index (χ3v) is 10.3. The van der Waals surface area contributed by atoms with Crippen LogP contribution in [0.1, 0.15) is 41.5 Å². The first-order chi connectivity index (χ1) is 22.7. The Bertz CT molecular complexity index is 1730. The molecule has 1 saturated heterocycles. The van der Waals surface area contributed by atoms with Crippen molar-refractivity contribution in [1.82, 2.24) is 14.5 Å². The second kappa shape index (κ2) is 15.8. The van der Waals surface area contributed by atoms with Gasteiger partial charge in [-0.25, -0.2) is 12.8 Å². The third kappa shape index (κ3) is 9.05. The van der Waals surface area contributed by atoms with Crippen LogP contribution in [0.2, 0.25) is 0 Å². The Morgan fingerprint density at radius 1 is 0.830 bits per heavy atom. The number of nitrogens with zero attached hydrogens (tertiary/aromatic N) is 2. The van der Waals surface area contributed by atoms with E-state index in [1.807, 2.05) is 54.6 Å². The molecule has 8 nitrogen and oxygen atoms in total. The summed E-state index contributed by atoms with van der Waals surface area (Å²) in [6.07, 6.45) is 2.45. The lowest BCUT2D eigenvalue weighted by atomic mass is 10.0. The Balaban J connectivity index is 1.36. The van der Waals surface area contributed by atoms with E-state index >= 15 is 0 Å². The van der Waals surface area contributed by atoms with Crippen LogP contribution in [0.15, 0.2) is 108 Å². The van der Waals surface area contributed by atoms with Crippen LogP contribution in [0, 0.1) is 5.82 Å². The van der Waals surface area contributed by atoms with Crippen molar-refractivity contribution in [3.05, 3.63) is 131 Å². The molecule has 5 rings (SSSR count). The maximum atomic E-state index is 14.0. The smallest absolute Gasteiger partial charge is 0.243 e. The van der Waals surface area contributed by atoms with Gasteiger partial charge < -0.3 is 15.0 Å². The fourth-order valence-electron chi connectivity index (χ4n) is 5.69. The zero-order valence-electron chi connectivity index (χ0n) is 26.5. The van der Waals surface area contributed by atoms with Gasteiger partial charge in [0.2, 0.25) is 21.8 Å². The minimum Gasteiger partial charge on any atom is -0.497 e. The van der Waals surface area contributed by atoms with Crippen molar-refractivity contribution in [1.29, 1.82) is 0 Å². The highest BCUT2D eigenvalue weighted by Crippen LogP contribution is 2.22. The normalized spacial score (nSPS) is 14.0. The van der Waals surface area contributed by atoms with Crippen molar-refractivity contribution in [2.75, 3.05) is 20.2 Å². The van der Waals surface area contributed by atoms with Crippen LogP contribution < -0.4 is 10.1 Å². The van der Waals surface area contributed by atoms with Crippen LogP contribution >= 0.6 is 0 Å². The fraction of sp³-hybridized carbons (Fsp3) is 0.297. The van der Waals surface area contributed by atoms with Gasteiger partial charge >= 0.3 is 0 Å². The van der Waals surface area contributed by atoms with E-state index in [-0.39, 0.29) is 48.5 Å². The number of methoxy groups -OCH3 is 1. The van der Waals surface area contributed by atoms with Gasteiger partial charge in [0.25, 0.3) is 0 Å². The minimum absolute atomic E-state index is 0.0937. The van der Waals surface area contributed by atoms with Crippen molar-refractivity contribution >= 4 is 21.8 Å². The molecule has 0 saturated carbocycles. The lowest BCUT2D eigenvalue weighted by Crippen LogP contribution is -2.50. The Kier molecular flexibility index (Phi) is 11.4. The first kappa shape index (κ1) is 33.8. The van der Waals surface area contributed by atoms with Crippen LogP contribution in [0.5, 0.6) is 5.75 Å². The largest absolute Gasteiger partial charge is 0.497 e. The van der Waals surface area contributed by atoms with Gasteiger partial charge in [0.15, 0.2) is 0 Å². The Labute approximate surface area is 276 Å². The summed E-state index contributed by atoms with van der Waals surface area (Å²) in [4.78, 5) is 29.7. The topological polar surface area (TPSA) is 96.0 Å². The number of hydrogen-bond acceptors (Lipinski definition) is 5. The fourth-order valence-corrected chi connectivity index (χ4v) is 7.21. The number of sulfonamides is 1. The first-order valence-corrected chi connectivity index (χ1v) is 17.2. The van der Waals surface area contributed by atoms with Gasteiger partial charge in [-0.3, -0.25) is 9.59 Å². The van der Waals surface area contributed by atoms with E-state index in [0.29, 0.717) is 30.8 Å². The molecule has 0 radical (unpaired) electrons. The molecule has 1 aliphatic rings. The number of aryl methyl sites for hydroxylation is 1. The maximum absolute atomic E-state index is 14.0. The average molecular weight is 658 g/mol. The van der Waals surface area contributed by atoms with Gasteiger partial charge in [-0.05, 0) is 77.9 Å². The SMILES string of the molecule is COc1ccc(CNC(=O)[C@@H](Cc2ccccc2)N(Cc2ccc(F)cc2)C(=O)CCc2ccc(S(=O)(=O)N3CCCC3)cc2)cc1. The highest BCUT2D eigenvalue weighted by molar-refractivity contribution is 7.89. The lowest BCUT2D eigenvalue weighted by molar-refractivity contribution is -0.141. The molecule has 2 amide bonds. The van der Waals surface area contributed by atoms with Gasteiger partial charge in [-0.15, -0.1) is 0 Å². The van der Waals surface area contributed by atoms with Gasteiger partial charge in [0.1, 0.15) is 17.6 Å². The summed E-state index contributed by atoms with van der Waals surface area (Å²) in [7, 11) is -1.95. The summed E-state index contributed by atoms with van der Waals surface area (Å²) in [6, 6.07) is 28.6. The van der Waals surface area contributed by atoms with Crippen molar-refractivity contribution in [2.24, 2.45) is 0 Å². The van der Waals surface area contributed by atoms with Gasteiger partial charge in [-0.1, -0.05) is 66.7 Å². The highest BCUT2D eigenvalue weighted by atomic mass is 32.2. The molecule has 47 heavy (non-hydrogen) atoms. The predicted molar refractivity (Wildman–Crippen MR) is 178 cm³/mol. The van der Waals surface area contributed by atoms with Crippen LogP contribution in [0.4, 0.5) is 4.39 Å². The second-order valence-corrected chi connectivity index (χ2v) is 13.6. The van der Waals surface area contributed by atoms with Gasteiger partial charge in [0, 0.05) is 39.0 Å². The molecule has 1 atom stereocenters. The Hall–Kier alpha value is -4.54. The molecule has 0 spiro atoms. The number of nitrogens with one attached hydrogen (secondary N) is 1. The molecular formula is C37H40FN3O5S. The number of rotatable bonds is 14. The van der Waals surface area contributed by atoms with Crippen molar-refractivity contribution in [2.45, 2.75) is 56.1 Å². The number of halogens is 1. The number of amides is 2. The lowest BCUT2D eigenvalue weighted by Gasteiger charge is -2.32. The zero-order chi connectivity index (χ0) is 33.2. The molecular weight excluding hydrogens is 617 g/mol. The molecule has 10 heteroatoms. The monoisotopic (exact) mass is 657 g/mol. The average Bonchev–Trinajstić information content (AvgIpc) is 3.66. The minimum atomic E-state index is -3.54. The molecule has 0 bridgehead atoms. The third-order valence-electron chi connectivity index (χ3n) is 8.42. The Morgan fingerprint density at radius 3 is 2.09 bits per heavy atom. The molecule has 0 unspecified atom stereocenters. The van der Waals surface area contributed by atoms with Crippen LogP contribution in [-0.2, 0) is 45.5 Å². The molecule has 4 aromatic rings. The number of ether oxygens (including phenoxy) is 1. The maximum Gasteiger partial charge on any atom is 0.243 e. The van der Waals surface area contributed by atoms with Crippen molar-refractivity contribution in [3.8, 4) is 5.75 Å². The highest BCUT2D eigenvalue weighted by Gasteiger charge is 2.31. The van der Waals surface area contributed by atoms with E-state index in [4.69, 9.17) is 4.74 Å². The van der Waals surface area contributed by atoms with Gasteiger partial charge in [0.05, 0.1) is 12.0 Å². The molecule has 4 aromatic carbocycles. The molecule has 246 valence electrons. The summed E-state index contributed by atoms with van der Waals surface area (Å²) < 4.78 is 46.4. The molecule has 0 aliphatic carbocycles. The van der Waals surface area contributed by atoms with E-state index in [2.05, 4.69) is 5.32 Å². The van der Waals surface area contributed by atoms with Crippen molar-refractivity contribution < 1.29 is 27.1 Å². The van der Waals surface area contributed by atoms with E-state index in [1.165, 1.54) is 16.4 Å². The quantitative estimate of drug-likeness (QED) is 0.193. The summed E-state index contributed by atoms with van der Waals surface area (Å²) >= 11 is 0. The van der Waals surface area contributed by atoms with E-state index < -0.39 is 16.1 Å².